The van der Waals surface area contributed by atoms with Crippen molar-refractivity contribution >= 4 is 0 Å². The van der Waals surface area contributed by atoms with Gasteiger partial charge in [0.2, 0.25) is 0 Å². The summed E-state index contributed by atoms with van der Waals surface area (Å²) < 4.78 is 4.13. The van der Waals surface area contributed by atoms with Gasteiger partial charge < -0.3 is 10.3 Å². The molecule has 0 amide bonds. The molecule has 0 saturated heterocycles. The minimum atomic E-state index is 0.0591. The van der Waals surface area contributed by atoms with Gasteiger partial charge in [0, 0.05) is 25.0 Å². The van der Waals surface area contributed by atoms with Crippen LogP contribution in [0.3, 0.4) is 0 Å². The van der Waals surface area contributed by atoms with Crippen molar-refractivity contribution in [1.82, 2.24) is 14.3 Å². The predicted molar refractivity (Wildman–Crippen MR) is 68.7 cm³/mol. The summed E-state index contributed by atoms with van der Waals surface area (Å²) in [7, 11) is 1.99. The lowest BCUT2D eigenvalue weighted by atomic mass is 10.2. The van der Waals surface area contributed by atoms with Gasteiger partial charge in [0.25, 0.3) is 0 Å². The van der Waals surface area contributed by atoms with Crippen LogP contribution in [0.25, 0.3) is 0 Å². The number of nitrogens with two attached hydrogens (primary N) is 1. The van der Waals surface area contributed by atoms with Gasteiger partial charge >= 0.3 is 0 Å². The Hall–Kier alpha value is -1.55. The average molecular weight is 232 g/mol. The van der Waals surface area contributed by atoms with Crippen LogP contribution in [0.15, 0.2) is 24.4 Å². The summed E-state index contributed by atoms with van der Waals surface area (Å²) in [6, 6.07) is 6.33. The Labute approximate surface area is 102 Å². The Bertz CT molecular complexity index is 493. The second-order valence-electron chi connectivity index (χ2n) is 4.45. The highest BCUT2D eigenvalue weighted by Crippen LogP contribution is 2.14. The largest absolute Gasteiger partial charge is 0.344 e. The zero-order valence-corrected chi connectivity index (χ0v) is 10.7. The summed E-state index contributed by atoms with van der Waals surface area (Å²) in [5, 5.41) is 4.46. The molecule has 2 rings (SSSR count). The maximum Gasteiger partial charge on any atom is 0.0642 e. The predicted octanol–water partition coefficient (Wildman–Crippen LogP) is 1.85. The zero-order valence-electron chi connectivity index (χ0n) is 10.7. The summed E-state index contributed by atoms with van der Waals surface area (Å²) in [6.07, 6.45) is 3.04. The first kappa shape index (κ1) is 11.9. The molecule has 0 saturated carbocycles. The maximum atomic E-state index is 5.94. The third kappa shape index (κ3) is 2.42. The number of aromatic nitrogens is 3. The van der Waals surface area contributed by atoms with Gasteiger partial charge in [-0.15, -0.1) is 0 Å². The van der Waals surface area contributed by atoms with E-state index in [9.17, 15) is 0 Å². The van der Waals surface area contributed by atoms with Crippen molar-refractivity contribution in [1.29, 1.82) is 0 Å². The summed E-state index contributed by atoms with van der Waals surface area (Å²) in [6.45, 7) is 4.95. The summed E-state index contributed by atoms with van der Waals surface area (Å²) in [5.74, 6) is 0. The highest BCUT2D eigenvalue weighted by Gasteiger charge is 2.09. The number of hydrogen-bond acceptors (Lipinski definition) is 2. The molecule has 0 bridgehead atoms. The fourth-order valence-corrected chi connectivity index (χ4v) is 2.05. The molecule has 0 aromatic carbocycles. The molecule has 0 aliphatic heterocycles. The number of nitrogens with zero attached hydrogens (tertiary/aromatic N) is 3. The van der Waals surface area contributed by atoms with E-state index in [1.165, 1.54) is 5.69 Å². The fourth-order valence-electron chi connectivity index (χ4n) is 2.05. The van der Waals surface area contributed by atoms with Crippen LogP contribution in [0.5, 0.6) is 0 Å². The van der Waals surface area contributed by atoms with Gasteiger partial charge in [-0.2, -0.15) is 5.10 Å². The van der Waals surface area contributed by atoms with E-state index in [1.807, 2.05) is 24.7 Å². The molecule has 2 aromatic heterocycles. The van der Waals surface area contributed by atoms with Crippen molar-refractivity contribution < 1.29 is 0 Å². The van der Waals surface area contributed by atoms with E-state index in [0.717, 1.165) is 24.4 Å². The smallest absolute Gasteiger partial charge is 0.0642 e. The SMILES string of the molecule is CCc1cc(Cn2cccc2C(C)N)n(C)n1. The van der Waals surface area contributed by atoms with E-state index >= 15 is 0 Å². The van der Waals surface area contributed by atoms with Crippen LogP contribution < -0.4 is 5.73 Å². The maximum absolute atomic E-state index is 5.94. The van der Waals surface area contributed by atoms with Crippen molar-refractivity contribution in [2.24, 2.45) is 12.8 Å². The molecule has 0 spiro atoms. The summed E-state index contributed by atoms with van der Waals surface area (Å²) >= 11 is 0. The van der Waals surface area contributed by atoms with Crippen molar-refractivity contribution in [3.05, 3.63) is 41.5 Å². The standard InChI is InChI=1S/C13H20N4/c1-4-11-8-12(16(3)15-11)9-17-7-5-6-13(17)10(2)14/h5-8,10H,4,9,14H2,1-3H3. The first-order valence-corrected chi connectivity index (χ1v) is 6.04. The molecule has 2 heterocycles. The van der Waals surface area contributed by atoms with Gasteiger partial charge in [-0.3, -0.25) is 4.68 Å². The molecular weight excluding hydrogens is 212 g/mol. The number of rotatable bonds is 4. The molecule has 1 atom stereocenters. The van der Waals surface area contributed by atoms with Crippen LogP contribution in [-0.4, -0.2) is 14.3 Å². The summed E-state index contributed by atoms with van der Waals surface area (Å²) in [5.41, 5.74) is 9.44. The van der Waals surface area contributed by atoms with E-state index in [4.69, 9.17) is 5.73 Å². The molecule has 92 valence electrons. The Kier molecular flexibility index (Phi) is 3.33. The zero-order chi connectivity index (χ0) is 12.4. The van der Waals surface area contributed by atoms with Gasteiger partial charge in [-0.05, 0) is 31.5 Å². The van der Waals surface area contributed by atoms with Crippen LogP contribution in [-0.2, 0) is 20.0 Å². The number of hydrogen-bond donors (Lipinski definition) is 1. The lowest BCUT2D eigenvalue weighted by molar-refractivity contribution is 0.625. The lowest BCUT2D eigenvalue weighted by Crippen LogP contribution is -2.13. The highest BCUT2D eigenvalue weighted by molar-refractivity contribution is 5.16. The molecule has 0 radical (unpaired) electrons. The first-order valence-electron chi connectivity index (χ1n) is 6.04. The minimum absolute atomic E-state index is 0.0591. The van der Waals surface area contributed by atoms with Gasteiger partial charge in [0.15, 0.2) is 0 Å². The van der Waals surface area contributed by atoms with Crippen LogP contribution in [0, 0.1) is 0 Å². The second kappa shape index (κ2) is 4.75. The third-order valence-corrected chi connectivity index (χ3v) is 3.05. The molecule has 2 aromatic rings. The van der Waals surface area contributed by atoms with E-state index < -0.39 is 0 Å². The lowest BCUT2D eigenvalue weighted by Gasteiger charge is -2.11. The van der Waals surface area contributed by atoms with E-state index in [2.05, 4.69) is 34.9 Å². The van der Waals surface area contributed by atoms with Crippen molar-refractivity contribution in [3.63, 3.8) is 0 Å². The van der Waals surface area contributed by atoms with E-state index in [1.54, 1.807) is 0 Å². The van der Waals surface area contributed by atoms with Gasteiger partial charge in [-0.25, -0.2) is 0 Å². The minimum Gasteiger partial charge on any atom is -0.344 e. The molecule has 4 heteroatoms. The quantitative estimate of drug-likeness (QED) is 0.874. The van der Waals surface area contributed by atoms with E-state index in [0.29, 0.717) is 0 Å². The molecule has 0 aliphatic carbocycles. The normalized spacial score (nSPS) is 12.9. The number of aryl methyl sites for hydroxylation is 2. The van der Waals surface area contributed by atoms with Crippen molar-refractivity contribution in [3.8, 4) is 0 Å². The van der Waals surface area contributed by atoms with Crippen LogP contribution >= 0.6 is 0 Å². The molecule has 2 N–H and O–H groups in total. The Morgan fingerprint density at radius 3 is 2.82 bits per heavy atom. The van der Waals surface area contributed by atoms with Gasteiger partial charge in [-0.1, -0.05) is 6.92 Å². The summed E-state index contributed by atoms with van der Waals surface area (Å²) in [4.78, 5) is 0. The van der Waals surface area contributed by atoms with Crippen molar-refractivity contribution in [2.75, 3.05) is 0 Å². The molecular formula is C13H20N4. The highest BCUT2D eigenvalue weighted by atomic mass is 15.3. The van der Waals surface area contributed by atoms with Crippen LogP contribution in [0.2, 0.25) is 0 Å². The Morgan fingerprint density at radius 2 is 2.24 bits per heavy atom. The van der Waals surface area contributed by atoms with E-state index in [-0.39, 0.29) is 6.04 Å². The second-order valence-corrected chi connectivity index (χ2v) is 4.45. The molecule has 1 unspecified atom stereocenters. The Balaban J connectivity index is 2.25. The topological polar surface area (TPSA) is 48.8 Å². The third-order valence-electron chi connectivity index (χ3n) is 3.05. The van der Waals surface area contributed by atoms with Crippen LogP contribution in [0.1, 0.15) is 37.0 Å². The van der Waals surface area contributed by atoms with Gasteiger partial charge in [0.05, 0.1) is 17.9 Å². The monoisotopic (exact) mass is 232 g/mol. The Morgan fingerprint density at radius 1 is 1.47 bits per heavy atom. The van der Waals surface area contributed by atoms with Gasteiger partial charge in [0.1, 0.15) is 0 Å². The molecule has 0 aliphatic rings. The molecule has 17 heavy (non-hydrogen) atoms. The average Bonchev–Trinajstić information content (AvgIpc) is 2.87. The van der Waals surface area contributed by atoms with Crippen molar-refractivity contribution in [2.45, 2.75) is 32.9 Å². The first-order chi connectivity index (χ1) is 8.11. The van der Waals surface area contributed by atoms with Crippen LogP contribution in [0.4, 0.5) is 0 Å². The molecule has 0 fully saturated rings. The fraction of sp³-hybridized carbons (Fsp3) is 0.462. The molecule has 4 nitrogen and oxygen atoms in total.